The fourth-order valence-electron chi connectivity index (χ4n) is 10.7. The Morgan fingerprint density at radius 3 is 0.762 bits per heavy atom. The van der Waals surface area contributed by atoms with E-state index in [4.69, 9.17) is 40.1 Å². The Bertz CT molecular complexity index is 4520. The van der Waals surface area contributed by atoms with Crippen LogP contribution < -0.4 is 0 Å². The summed E-state index contributed by atoms with van der Waals surface area (Å²) in [5.41, 5.74) is 22.5. The van der Waals surface area contributed by atoms with E-state index in [0.717, 1.165) is 77.5 Å². The number of Topliss-reactive ketones (excluding diaryl/α,β-unsaturated/α-hetero) is 1. The van der Waals surface area contributed by atoms with Crippen LogP contribution in [0.15, 0.2) is 147 Å². The third-order valence-corrected chi connectivity index (χ3v) is 18.9. The Balaban J connectivity index is 0.000000671. The van der Waals surface area contributed by atoms with Crippen LogP contribution in [0.4, 0.5) is 17.6 Å². The van der Waals surface area contributed by atoms with Crippen molar-refractivity contribution in [3.63, 3.8) is 0 Å². The minimum Gasteiger partial charge on any atom is -0.294 e. The first-order chi connectivity index (χ1) is 56.8. The molecule has 0 radical (unpaired) electrons. The average Bonchev–Trinajstić information content (AvgIpc) is 0.815. The van der Waals surface area contributed by atoms with Gasteiger partial charge in [0.15, 0.2) is 5.78 Å². The van der Waals surface area contributed by atoms with Gasteiger partial charge in [0.1, 0.15) is 29.3 Å². The fraction of sp³-hybridized carbons (Fsp3) is 0.441. The number of carbonyl (C=O) groups is 1. The van der Waals surface area contributed by atoms with Crippen LogP contribution in [-0.2, 0) is 0 Å². The van der Waals surface area contributed by atoms with Gasteiger partial charge in [-0.1, -0.05) is 205 Å². The SMILES string of the molecule is CC(=O)c1cnc(C(C)C)c(Cl)c1.Cc1cc(C#N)cnc1C(C)C.Cc1ccc(C(C)C)nc1.Cc1ccc(C(C)C)nc1.Cc1ccc(C(C)C)nc1C.Cc1cnc(C(C)C)c(Cl)c1.Cc1cnc(C(C)C)c(Cl)c1.Cc1cnc(C(C)C)c(F)c1.Cc1cnc(C(C)C)c(F)c1.Cc1cnc(C(C)C)c(F)c1.Cc1cnc(C(C)C)c(F)c1. The third kappa shape index (κ3) is 42.0. The summed E-state index contributed by atoms with van der Waals surface area (Å²) in [4.78, 5) is 56.9. The number of aryl methyl sites for hydroxylation is 11. The Labute approximate surface area is 745 Å². The van der Waals surface area contributed by atoms with Gasteiger partial charge >= 0.3 is 0 Å². The van der Waals surface area contributed by atoms with Gasteiger partial charge in [-0.25, -0.2) is 17.6 Å². The smallest absolute Gasteiger partial charge is 0.161 e. The maximum atomic E-state index is 13.0. The molecule has 0 saturated carbocycles. The van der Waals surface area contributed by atoms with Gasteiger partial charge in [-0.3, -0.25) is 59.6 Å². The molecule has 0 unspecified atom stereocenters. The summed E-state index contributed by atoms with van der Waals surface area (Å²) in [7, 11) is 0. The number of carbonyl (C=O) groups excluding carboxylic acids is 1. The summed E-state index contributed by atoms with van der Waals surface area (Å²) >= 11 is 17.9. The number of pyridine rings is 11. The first-order valence-corrected chi connectivity index (χ1v) is 43.0. The second kappa shape index (κ2) is 56.2. The first-order valence-electron chi connectivity index (χ1n) is 41.9. The van der Waals surface area contributed by atoms with Crippen molar-refractivity contribution < 1.29 is 22.4 Å². The van der Waals surface area contributed by atoms with Crippen LogP contribution in [-0.4, -0.2) is 60.6 Å². The second-order valence-corrected chi connectivity index (χ2v) is 35.0. The van der Waals surface area contributed by atoms with Crippen LogP contribution in [0, 0.1) is 111 Å². The van der Waals surface area contributed by atoms with E-state index in [1.807, 2.05) is 161 Å². The monoisotopic (exact) mass is 1730 g/mol. The van der Waals surface area contributed by atoms with Crippen molar-refractivity contribution in [1.29, 1.82) is 5.26 Å². The van der Waals surface area contributed by atoms with E-state index in [2.05, 4.69) is 208 Å². The first kappa shape index (κ1) is 110. The second-order valence-electron chi connectivity index (χ2n) is 33.8. The van der Waals surface area contributed by atoms with Gasteiger partial charge in [-0.2, -0.15) is 5.26 Å². The van der Waals surface area contributed by atoms with E-state index in [9.17, 15) is 22.4 Å². The molecule has 0 aliphatic rings. The molecule has 0 N–H and O–H groups in total. The molecular formula is C102H137Cl3F4N12O. The number of rotatable bonds is 12. The Hall–Kier alpha value is -9.60. The van der Waals surface area contributed by atoms with Gasteiger partial charge in [0.25, 0.3) is 0 Å². The maximum absolute atomic E-state index is 13.0. The van der Waals surface area contributed by atoms with Crippen molar-refractivity contribution >= 4 is 40.6 Å². The number of hydrogen-bond donors (Lipinski definition) is 0. The minimum absolute atomic E-state index is 0.00953. The highest BCUT2D eigenvalue weighted by Crippen LogP contribution is 2.27. The number of hydrogen-bond acceptors (Lipinski definition) is 13. The molecule has 11 rings (SSSR count). The van der Waals surface area contributed by atoms with Gasteiger partial charge < -0.3 is 0 Å². The van der Waals surface area contributed by atoms with Crippen molar-refractivity contribution in [1.82, 2.24) is 54.8 Å². The predicted octanol–water partition coefficient (Wildman–Crippen LogP) is 30.2. The summed E-state index contributed by atoms with van der Waals surface area (Å²) in [6.45, 7) is 68.0. The zero-order valence-corrected chi connectivity index (χ0v) is 81.4. The molecule has 11 aromatic heterocycles. The van der Waals surface area contributed by atoms with Crippen LogP contribution in [0.25, 0.3) is 0 Å². The van der Waals surface area contributed by atoms with E-state index in [-0.39, 0.29) is 58.6 Å². The van der Waals surface area contributed by atoms with Crippen molar-refractivity contribution in [2.24, 2.45) is 0 Å². The molecule has 11 aromatic rings. The molecule has 0 aromatic carbocycles. The highest BCUT2D eigenvalue weighted by atomic mass is 35.5. The zero-order chi connectivity index (χ0) is 93.3. The summed E-state index contributed by atoms with van der Waals surface area (Å²) < 4.78 is 52.2. The molecule has 0 spiro atoms. The van der Waals surface area contributed by atoms with Crippen LogP contribution >= 0.6 is 34.8 Å². The minimum atomic E-state index is -0.194. The molecule has 0 atom stereocenters. The summed E-state index contributed by atoms with van der Waals surface area (Å²) in [6.07, 6.45) is 17.5. The zero-order valence-electron chi connectivity index (χ0n) is 79.1. The highest BCUT2D eigenvalue weighted by molar-refractivity contribution is 6.32. The largest absolute Gasteiger partial charge is 0.294 e. The molecule has 0 fully saturated rings. The van der Waals surface area contributed by atoms with Crippen molar-refractivity contribution in [2.75, 3.05) is 0 Å². The van der Waals surface area contributed by atoms with E-state index in [0.29, 0.717) is 74.4 Å². The number of halogens is 7. The molecule has 0 bridgehead atoms. The lowest BCUT2D eigenvalue weighted by molar-refractivity contribution is 0.101. The molecular weight excluding hydrogens is 1590 g/mol. The average molecular weight is 1730 g/mol. The number of nitrogens with zero attached hydrogens (tertiary/aromatic N) is 12. The van der Waals surface area contributed by atoms with Crippen molar-refractivity contribution in [3.05, 3.63) is 320 Å². The van der Waals surface area contributed by atoms with Gasteiger partial charge in [-0.15, -0.1) is 0 Å². The summed E-state index contributed by atoms with van der Waals surface area (Å²) in [5.74, 6) is 3.01. The lowest BCUT2D eigenvalue weighted by atomic mass is 10.0. The molecule has 0 saturated heterocycles. The summed E-state index contributed by atoms with van der Waals surface area (Å²) in [5, 5.41) is 10.7. The van der Waals surface area contributed by atoms with E-state index >= 15 is 0 Å². The molecule has 0 aliphatic carbocycles. The number of nitriles is 1. The van der Waals surface area contributed by atoms with Crippen LogP contribution in [0.1, 0.15) is 364 Å². The van der Waals surface area contributed by atoms with Gasteiger partial charge in [0.05, 0.1) is 60.5 Å². The predicted molar refractivity (Wildman–Crippen MR) is 503 cm³/mol. The number of ketones is 1. The molecule has 122 heavy (non-hydrogen) atoms. The lowest BCUT2D eigenvalue weighted by Gasteiger charge is -2.07. The van der Waals surface area contributed by atoms with Crippen molar-refractivity contribution in [3.8, 4) is 6.07 Å². The van der Waals surface area contributed by atoms with Gasteiger partial charge in [0.2, 0.25) is 0 Å². The molecule has 0 amide bonds. The standard InChI is InChI=1S/C10H12ClNO.C10H12N2.C10H15N.2C9H12ClN.4C9H12FN.2C9H13N/c1-6(2)10-9(11)4-8(5-12-10)7(3)13;1-7(2)10-8(3)4-9(5-11)6-12-10;1-7(2)10-6-5-8(3)9(4)11-10;6*1-6(2)9-8(10)4-7(3)5-11-9;2*1-7(2)9-5-4-8(3)6-10-9/h4-6H,1-3H3;4,6-7H,1-3H3;5-7H,1-4H3;6*4-6H,1-3H3;2*4-7H,1-3H3. The molecule has 11 heterocycles. The van der Waals surface area contributed by atoms with Crippen LogP contribution in [0.5, 0.6) is 0 Å². The highest BCUT2D eigenvalue weighted by Gasteiger charge is 2.14. The molecule has 0 aliphatic heterocycles. The third-order valence-electron chi connectivity index (χ3n) is 18.0. The molecule has 20 heteroatoms. The van der Waals surface area contributed by atoms with E-state index < -0.39 is 0 Å². The topological polar surface area (TPSA) is 183 Å². The normalized spacial score (nSPS) is 10.5. The quantitative estimate of drug-likeness (QED) is 0.0833. The molecule has 13 nitrogen and oxygen atoms in total. The van der Waals surface area contributed by atoms with Crippen LogP contribution in [0.3, 0.4) is 0 Å². The number of aromatic nitrogens is 11. The Morgan fingerprint density at radius 1 is 0.287 bits per heavy atom. The Morgan fingerprint density at radius 2 is 0.541 bits per heavy atom. The van der Waals surface area contributed by atoms with E-state index in [1.54, 1.807) is 43.2 Å². The Kier molecular flexibility index (Phi) is 50.9. The molecule has 660 valence electrons. The van der Waals surface area contributed by atoms with Gasteiger partial charge in [0, 0.05) is 96.0 Å². The lowest BCUT2D eigenvalue weighted by Crippen LogP contribution is -1.98. The summed E-state index contributed by atoms with van der Waals surface area (Å²) in [6, 6.07) is 28.2. The van der Waals surface area contributed by atoms with Gasteiger partial charge in [-0.05, 0) is 271 Å². The maximum Gasteiger partial charge on any atom is 0.161 e. The van der Waals surface area contributed by atoms with E-state index in [1.165, 1.54) is 65.0 Å². The fourth-order valence-corrected chi connectivity index (χ4v) is 12.0. The van der Waals surface area contributed by atoms with Crippen molar-refractivity contribution in [2.45, 2.75) is 301 Å². The van der Waals surface area contributed by atoms with Crippen LogP contribution in [0.2, 0.25) is 15.1 Å².